The van der Waals surface area contributed by atoms with Crippen molar-refractivity contribution < 1.29 is 9.53 Å². The molecule has 0 amide bonds. The fourth-order valence-electron chi connectivity index (χ4n) is 1.53. The average Bonchev–Trinajstić information content (AvgIpc) is 2.87. The Bertz CT molecular complexity index is 578. The van der Waals surface area contributed by atoms with E-state index in [2.05, 4.69) is 20.3 Å². The van der Waals surface area contributed by atoms with Crippen LogP contribution in [-0.2, 0) is 16.1 Å². The lowest BCUT2D eigenvalue weighted by atomic mass is 10.3. The molecule has 0 unspecified atom stereocenters. The van der Waals surface area contributed by atoms with Gasteiger partial charge in [0.2, 0.25) is 5.95 Å². The predicted molar refractivity (Wildman–Crippen MR) is 72.0 cm³/mol. The van der Waals surface area contributed by atoms with E-state index in [4.69, 9.17) is 4.74 Å². The van der Waals surface area contributed by atoms with Crippen molar-refractivity contribution in [2.45, 2.75) is 13.5 Å². The Morgan fingerprint density at radius 3 is 2.65 bits per heavy atom. The molecule has 0 saturated carbocycles. The summed E-state index contributed by atoms with van der Waals surface area (Å²) in [4.78, 5) is 21.5. The molecule has 2 aromatic rings. The molecule has 0 aliphatic heterocycles. The van der Waals surface area contributed by atoms with E-state index in [-0.39, 0.29) is 12.5 Å². The molecule has 2 rings (SSSR count). The lowest BCUT2D eigenvalue weighted by Crippen LogP contribution is -2.13. The Hall–Kier alpha value is -2.51. The van der Waals surface area contributed by atoms with Crippen LogP contribution < -0.4 is 4.90 Å². The second-order valence-corrected chi connectivity index (χ2v) is 4.27. The van der Waals surface area contributed by atoms with Gasteiger partial charge in [0.25, 0.3) is 0 Å². The van der Waals surface area contributed by atoms with Crippen LogP contribution in [0.15, 0.2) is 18.6 Å². The van der Waals surface area contributed by atoms with E-state index in [0.29, 0.717) is 18.2 Å². The molecule has 0 bridgehead atoms. The predicted octanol–water partition coefficient (Wildman–Crippen LogP) is 0.364. The molecule has 0 N–H and O–H groups in total. The van der Waals surface area contributed by atoms with E-state index in [1.165, 1.54) is 4.68 Å². The van der Waals surface area contributed by atoms with Crippen molar-refractivity contribution in [3.05, 3.63) is 18.6 Å². The van der Waals surface area contributed by atoms with Gasteiger partial charge in [-0.15, -0.1) is 5.10 Å². The largest absolute Gasteiger partial charge is 0.465 e. The highest BCUT2D eigenvalue weighted by Crippen LogP contribution is 2.15. The third-order valence-electron chi connectivity index (χ3n) is 2.47. The highest BCUT2D eigenvalue weighted by molar-refractivity contribution is 5.69. The van der Waals surface area contributed by atoms with Crippen LogP contribution >= 0.6 is 0 Å². The first-order valence-electron chi connectivity index (χ1n) is 6.15. The van der Waals surface area contributed by atoms with Crippen LogP contribution in [0.2, 0.25) is 0 Å². The summed E-state index contributed by atoms with van der Waals surface area (Å²) in [6.45, 7) is 2.14. The van der Waals surface area contributed by atoms with Crippen molar-refractivity contribution in [3.63, 3.8) is 0 Å². The van der Waals surface area contributed by atoms with Gasteiger partial charge < -0.3 is 9.64 Å². The Morgan fingerprint density at radius 1 is 1.35 bits per heavy atom. The summed E-state index contributed by atoms with van der Waals surface area (Å²) in [5.41, 5.74) is 1.35. The van der Waals surface area contributed by atoms with Gasteiger partial charge in [0.05, 0.1) is 12.8 Å². The Labute approximate surface area is 116 Å². The normalized spacial score (nSPS) is 10.3. The van der Waals surface area contributed by atoms with Crippen LogP contribution in [0.25, 0.3) is 11.3 Å². The van der Waals surface area contributed by atoms with Crippen LogP contribution in [0.1, 0.15) is 6.92 Å². The Morgan fingerprint density at radius 2 is 2.05 bits per heavy atom. The number of hydrogen-bond acceptors (Lipinski definition) is 7. The first-order valence-corrected chi connectivity index (χ1v) is 6.15. The summed E-state index contributed by atoms with van der Waals surface area (Å²) in [6.07, 6.45) is 4.99. The molecule has 20 heavy (non-hydrogen) atoms. The number of aromatic nitrogens is 5. The molecule has 8 heteroatoms. The maximum atomic E-state index is 11.3. The number of anilines is 1. The third kappa shape index (κ3) is 3.28. The number of nitrogens with zero attached hydrogens (tertiary/aromatic N) is 6. The molecule has 0 aliphatic carbocycles. The number of esters is 1. The van der Waals surface area contributed by atoms with Gasteiger partial charge in [-0.3, -0.25) is 4.79 Å². The molecule has 8 nitrogen and oxygen atoms in total. The SMILES string of the molecule is CCOC(=O)Cn1cc(-c2cnc(N(C)C)nc2)nn1. The van der Waals surface area contributed by atoms with Crippen molar-refractivity contribution in [2.24, 2.45) is 0 Å². The van der Waals surface area contributed by atoms with E-state index >= 15 is 0 Å². The van der Waals surface area contributed by atoms with Gasteiger partial charge in [-0.1, -0.05) is 5.21 Å². The molecule has 2 heterocycles. The van der Waals surface area contributed by atoms with Gasteiger partial charge in [-0.05, 0) is 6.92 Å². The highest BCUT2D eigenvalue weighted by atomic mass is 16.5. The molecule has 0 fully saturated rings. The van der Waals surface area contributed by atoms with Gasteiger partial charge in [0, 0.05) is 32.1 Å². The minimum Gasteiger partial charge on any atom is -0.465 e. The van der Waals surface area contributed by atoms with Crippen molar-refractivity contribution in [3.8, 4) is 11.3 Å². The quantitative estimate of drug-likeness (QED) is 0.729. The lowest BCUT2D eigenvalue weighted by molar-refractivity contribution is -0.144. The molecule has 2 aromatic heterocycles. The van der Waals surface area contributed by atoms with Gasteiger partial charge in [0.1, 0.15) is 12.2 Å². The smallest absolute Gasteiger partial charge is 0.327 e. The molecular formula is C12H16N6O2. The van der Waals surface area contributed by atoms with E-state index < -0.39 is 0 Å². The number of rotatable bonds is 5. The summed E-state index contributed by atoms with van der Waals surface area (Å²) >= 11 is 0. The van der Waals surface area contributed by atoms with Crippen LogP contribution in [0.4, 0.5) is 5.95 Å². The molecule has 0 aromatic carbocycles. The zero-order valence-electron chi connectivity index (χ0n) is 11.6. The fourth-order valence-corrected chi connectivity index (χ4v) is 1.53. The average molecular weight is 276 g/mol. The monoisotopic (exact) mass is 276 g/mol. The summed E-state index contributed by atoms with van der Waals surface area (Å²) < 4.78 is 6.27. The summed E-state index contributed by atoms with van der Waals surface area (Å²) in [7, 11) is 3.73. The maximum Gasteiger partial charge on any atom is 0.327 e. The molecule has 106 valence electrons. The highest BCUT2D eigenvalue weighted by Gasteiger charge is 2.09. The first kappa shape index (κ1) is 13.9. The van der Waals surface area contributed by atoms with E-state index in [0.717, 1.165) is 5.56 Å². The van der Waals surface area contributed by atoms with Crippen LogP contribution in [-0.4, -0.2) is 51.6 Å². The summed E-state index contributed by atoms with van der Waals surface area (Å²) in [5.74, 6) is 0.274. The van der Waals surface area contributed by atoms with Gasteiger partial charge in [-0.2, -0.15) is 0 Å². The van der Waals surface area contributed by atoms with Crippen LogP contribution in [0, 0.1) is 0 Å². The van der Waals surface area contributed by atoms with Gasteiger partial charge in [0.15, 0.2) is 0 Å². The van der Waals surface area contributed by atoms with Crippen molar-refractivity contribution in [2.75, 3.05) is 25.6 Å². The van der Waals surface area contributed by atoms with Crippen molar-refractivity contribution >= 4 is 11.9 Å². The fraction of sp³-hybridized carbons (Fsp3) is 0.417. The molecule has 0 radical (unpaired) electrons. The Balaban J connectivity index is 2.10. The first-order chi connectivity index (χ1) is 9.60. The topological polar surface area (TPSA) is 86.0 Å². The van der Waals surface area contributed by atoms with Crippen LogP contribution in [0.3, 0.4) is 0 Å². The van der Waals surface area contributed by atoms with Gasteiger partial charge >= 0.3 is 5.97 Å². The summed E-state index contributed by atoms with van der Waals surface area (Å²) in [5, 5.41) is 7.86. The zero-order valence-corrected chi connectivity index (χ0v) is 11.6. The van der Waals surface area contributed by atoms with Crippen molar-refractivity contribution in [1.29, 1.82) is 0 Å². The molecule has 0 atom stereocenters. The van der Waals surface area contributed by atoms with E-state index in [9.17, 15) is 4.79 Å². The maximum absolute atomic E-state index is 11.3. The van der Waals surface area contributed by atoms with Crippen molar-refractivity contribution in [1.82, 2.24) is 25.0 Å². The number of ether oxygens (including phenoxy) is 1. The lowest BCUT2D eigenvalue weighted by Gasteiger charge is -2.08. The molecule has 0 spiro atoms. The van der Waals surface area contributed by atoms with Gasteiger partial charge in [-0.25, -0.2) is 14.6 Å². The van der Waals surface area contributed by atoms with E-state index in [1.54, 1.807) is 30.4 Å². The second kappa shape index (κ2) is 6.09. The number of carbonyl (C=O) groups excluding carboxylic acids is 1. The standard InChI is InChI=1S/C12H16N6O2/c1-4-20-11(19)8-18-7-10(15-16-18)9-5-13-12(14-6-9)17(2)3/h5-7H,4,8H2,1-3H3. The minimum atomic E-state index is -0.344. The minimum absolute atomic E-state index is 0.0392. The third-order valence-corrected chi connectivity index (χ3v) is 2.47. The summed E-state index contributed by atoms with van der Waals surface area (Å²) in [6, 6.07) is 0. The zero-order chi connectivity index (χ0) is 14.5. The Kier molecular flexibility index (Phi) is 4.24. The second-order valence-electron chi connectivity index (χ2n) is 4.27. The number of hydrogen-bond donors (Lipinski definition) is 0. The molecular weight excluding hydrogens is 260 g/mol. The molecule has 0 saturated heterocycles. The van der Waals surface area contributed by atoms with E-state index in [1.807, 2.05) is 14.1 Å². The number of carbonyl (C=O) groups is 1. The molecule has 0 aliphatic rings. The van der Waals surface area contributed by atoms with Crippen LogP contribution in [0.5, 0.6) is 0 Å².